The van der Waals surface area contributed by atoms with Crippen LogP contribution >= 0.6 is 27.7 Å². The van der Waals surface area contributed by atoms with Gasteiger partial charge in [-0.25, -0.2) is 8.78 Å². The summed E-state index contributed by atoms with van der Waals surface area (Å²) in [6, 6.07) is 11.1. The lowest BCUT2D eigenvalue weighted by atomic mass is 10.2. The first-order valence-corrected chi connectivity index (χ1v) is 8.54. The molecule has 0 unspecified atom stereocenters. The highest BCUT2D eigenvalue weighted by atomic mass is 79.9. The molecule has 118 valence electrons. The molecule has 0 spiro atoms. The van der Waals surface area contributed by atoms with E-state index < -0.39 is 0 Å². The first-order valence-electron chi connectivity index (χ1n) is 6.76. The predicted octanol–water partition coefficient (Wildman–Crippen LogP) is 4.82. The van der Waals surface area contributed by atoms with Gasteiger partial charge in [0.2, 0.25) is 0 Å². The molecule has 0 aliphatic rings. The fourth-order valence-corrected chi connectivity index (χ4v) is 3.30. The van der Waals surface area contributed by atoms with Gasteiger partial charge < -0.3 is 4.57 Å². The molecule has 1 aromatic heterocycles. The van der Waals surface area contributed by atoms with Crippen molar-refractivity contribution in [3.63, 3.8) is 0 Å². The smallest absolute Gasteiger partial charge is 0.191 e. The zero-order chi connectivity index (χ0) is 16.4. The van der Waals surface area contributed by atoms with E-state index in [1.165, 1.54) is 30.0 Å². The third kappa shape index (κ3) is 3.61. The van der Waals surface area contributed by atoms with Crippen LogP contribution in [0.15, 0.2) is 52.1 Å². The van der Waals surface area contributed by atoms with Crippen LogP contribution in [0.25, 0.3) is 11.4 Å². The van der Waals surface area contributed by atoms with Crippen LogP contribution in [0.4, 0.5) is 8.78 Å². The summed E-state index contributed by atoms with van der Waals surface area (Å²) in [7, 11) is 1.83. The van der Waals surface area contributed by atoms with Crippen molar-refractivity contribution in [1.82, 2.24) is 14.8 Å². The Hall–Kier alpha value is -1.73. The first-order chi connectivity index (χ1) is 11.0. The zero-order valence-electron chi connectivity index (χ0n) is 12.1. The first kappa shape index (κ1) is 16.1. The number of nitrogens with zero attached hydrogens (tertiary/aromatic N) is 3. The van der Waals surface area contributed by atoms with Gasteiger partial charge in [-0.2, -0.15) is 0 Å². The van der Waals surface area contributed by atoms with Crippen LogP contribution in [0.1, 0.15) is 5.56 Å². The van der Waals surface area contributed by atoms with Crippen LogP contribution < -0.4 is 0 Å². The molecule has 3 rings (SSSR count). The lowest BCUT2D eigenvalue weighted by molar-refractivity contribution is 0.616. The molecular formula is C16H12BrF2N3S. The van der Waals surface area contributed by atoms with Gasteiger partial charge in [-0.05, 0) is 42.0 Å². The van der Waals surface area contributed by atoms with Gasteiger partial charge >= 0.3 is 0 Å². The molecular weight excluding hydrogens is 384 g/mol. The fourth-order valence-electron chi connectivity index (χ4n) is 2.07. The SMILES string of the molecule is Cn1c(SCc2ccc(Br)cc2F)nnc1-c1ccc(F)cc1. The largest absolute Gasteiger partial charge is 0.305 e. The molecule has 0 radical (unpaired) electrons. The summed E-state index contributed by atoms with van der Waals surface area (Å²) in [6.07, 6.45) is 0. The van der Waals surface area contributed by atoms with Gasteiger partial charge in [-0.15, -0.1) is 10.2 Å². The van der Waals surface area contributed by atoms with Crippen LogP contribution in [-0.4, -0.2) is 14.8 Å². The number of hydrogen-bond acceptors (Lipinski definition) is 3. The fraction of sp³-hybridized carbons (Fsp3) is 0.125. The number of thioether (sulfide) groups is 1. The number of rotatable bonds is 4. The maximum atomic E-state index is 13.8. The molecule has 0 saturated carbocycles. The van der Waals surface area contributed by atoms with Crippen LogP contribution in [0.5, 0.6) is 0 Å². The predicted molar refractivity (Wildman–Crippen MR) is 90.1 cm³/mol. The van der Waals surface area contributed by atoms with Crippen molar-refractivity contribution < 1.29 is 8.78 Å². The van der Waals surface area contributed by atoms with E-state index in [1.807, 2.05) is 11.6 Å². The molecule has 3 nitrogen and oxygen atoms in total. The van der Waals surface area contributed by atoms with Crippen molar-refractivity contribution >= 4 is 27.7 Å². The normalized spacial score (nSPS) is 11.0. The molecule has 7 heteroatoms. The van der Waals surface area contributed by atoms with Gasteiger partial charge in [0.15, 0.2) is 11.0 Å². The topological polar surface area (TPSA) is 30.7 Å². The number of aromatic nitrogens is 3. The van der Waals surface area contributed by atoms with Gasteiger partial charge in [0.05, 0.1) is 0 Å². The van der Waals surface area contributed by atoms with E-state index in [1.54, 1.807) is 24.3 Å². The minimum absolute atomic E-state index is 0.257. The van der Waals surface area contributed by atoms with Crippen molar-refractivity contribution in [3.8, 4) is 11.4 Å². The summed E-state index contributed by atoms with van der Waals surface area (Å²) in [5.41, 5.74) is 1.38. The third-order valence-corrected chi connectivity index (χ3v) is 4.87. The van der Waals surface area contributed by atoms with E-state index in [2.05, 4.69) is 26.1 Å². The highest BCUT2D eigenvalue weighted by Gasteiger charge is 2.12. The molecule has 2 aromatic carbocycles. The molecule has 0 saturated heterocycles. The molecule has 0 aliphatic heterocycles. The maximum absolute atomic E-state index is 13.8. The minimum atomic E-state index is -0.295. The molecule has 0 aliphatic carbocycles. The van der Waals surface area contributed by atoms with E-state index in [-0.39, 0.29) is 11.6 Å². The molecule has 0 amide bonds. The van der Waals surface area contributed by atoms with E-state index in [4.69, 9.17) is 0 Å². The quantitative estimate of drug-likeness (QED) is 0.593. The van der Waals surface area contributed by atoms with Gasteiger partial charge in [-0.3, -0.25) is 0 Å². The van der Waals surface area contributed by atoms with Gasteiger partial charge in [0.1, 0.15) is 11.6 Å². The van der Waals surface area contributed by atoms with E-state index >= 15 is 0 Å². The summed E-state index contributed by atoms with van der Waals surface area (Å²) in [4.78, 5) is 0. The van der Waals surface area contributed by atoms with E-state index in [0.29, 0.717) is 26.8 Å². The lowest BCUT2D eigenvalue weighted by Crippen LogP contribution is -1.96. The Morgan fingerprint density at radius 3 is 2.52 bits per heavy atom. The molecule has 0 fully saturated rings. The Bertz CT molecular complexity index is 834. The van der Waals surface area contributed by atoms with Gasteiger partial charge in [0, 0.05) is 22.8 Å². The Morgan fingerprint density at radius 1 is 1.09 bits per heavy atom. The summed E-state index contributed by atoms with van der Waals surface area (Å²) in [5, 5.41) is 8.93. The number of halogens is 3. The second-order valence-electron chi connectivity index (χ2n) is 4.90. The van der Waals surface area contributed by atoms with Gasteiger partial charge in [0.25, 0.3) is 0 Å². The zero-order valence-corrected chi connectivity index (χ0v) is 14.5. The molecule has 23 heavy (non-hydrogen) atoms. The monoisotopic (exact) mass is 395 g/mol. The Morgan fingerprint density at radius 2 is 1.83 bits per heavy atom. The summed E-state index contributed by atoms with van der Waals surface area (Å²) >= 11 is 4.64. The van der Waals surface area contributed by atoms with Crippen LogP contribution in [0.3, 0.4) is 0 Å². The maximum Gasteiger partial charge on any atom is 0.191 e. The number of hydrogen-bond donors (Lipinski definition) is 0. The van der Waals surface area contributed by atoms with Crippen molar-refractivity contribution in [1.29, 1.82) is 0 Å². The molecule has 1 heterocycles. The lowest BCUT2D eigenvalue weighted by Gasteiger charge is -2.05. The molecule has 0 N–H and O–H groups in total. The molecule has 3 aromatic rings. The average Bonchev–Trinajstić information content (AvgIpc) is 2.88. The highest BCUT2D eigenvalue weighted by molar-refractivity contribution is 9.10. The van der Waals surface area contributed by atoms with Crippen LogP contribution in [0, 0.1) is 11.6 Å². The van der Waals surface area contributed by atoms with E-state index in [0.717, 1.165) is 5.56 Å². The minimum Gasteiger partial charge on any atom is -0.305 e. The summed E-state index contributed by atoms with van der Waals surface area (Å²) in [6.45, 7) is 0. The second-order valence-corrected chi connectivity index (χ2v) is 6.75. The van der Waals surface area contributed by atoms with Gasteiger partial charge in [-0.1, -0.05) is 33.8 Å². The van der Waals surface area contributed by atoms with Crippen molar-refractivity contribution in [2.45, 2.75) is 10.9 Å². The van der Waals surface area contributed by atoms with Crippen molar-refractivity contribution in [2.24, 2.45) is 7.05 Å². The van der Waals surface area contributed by atoms with Crippen molar-refractivity contribution in [3.05, 3.63) is 64.1 Å². The third-order valence-electron chi connectivity index (χ3n) is 3.31. The van der Waals surface area contributed by atoms with Crippen LogP contribution in [0.2, 0.25) is 0 Å². The Kier molecular flexibility index (Phi) is 4.77. The Labute approximate surface area is 144 Å². The van der Waals surface area contributed by atoms with Crippen molar-refractivity contribution in [2.75, 3.05) is 0 Å². The highest BCUT2D eigenvalue weighted by Crippen LogP contribution is 2.27. The summed E-state index contributed by atoms with van der Waals surface area (Å²) in [5.74, 6) is 0.543. The molecule has 0 atom stereocenters. The molecule has 0 bridgehead atoms. The van der Waals surface area contributed by atoms with E-state index in [9.17, 15) is 8.78 Å². The summed E-state index contributed by atoms with van der Waals surface area (Å²) < 4.78 is 29.4. The van der Waals surface area contributed by atoms with Crippen LogP contribution in [-0.2, 0) is 12.8 Å². The number of benzene rings is 2. The Balaban J connectivity index is 1.78. The second kappa shape index (κ2) is 6.80. The average molecular weight is 396 g/mol. The standard InChI is InChI=1S/C16H12BrF2N3S/c1-22-15(10-3-6-13(18)7-4-10)20-21-16(22)23-9-11-2-5-12(17)8-14(11)19/h2-8H,9H2,1H3.